The molecule has 7 heteroatoms. The fourth-order valence-corrected chi connectivity index (χ4v) is 3.50. The number of aliphatic imine (C=N–C) groups is 1. The Bertz CT molecular complexity index is 537. The van der Waals surface area contributed by atoms with Crippen molar-refractivity contribution in [1.82, 2.24) is 10.6 Å². The van der Waals surface area contributed by atoms with E-state index in [2.05, 4.69) is 22.5 Å². The fourth-order valence-electron chi connectivity index (χ4n) is 2.73. The highest BCUT2D eigenvalue weighted by atomic mass is 32.2. The van der Waals surface area contributed by atoms with Crippen LogP contribution in [0.5, 0.6) is 0 Å². The van der Waals surface area contributed by atoms with Gasteiger partial charge in [-0.3, -0.25) is 4.99 Å². The molecular weight excluding hydrogens is 365 g/mol. The Morgan fingerprint density at radius 3 is 2.78 bits per heavy atom. The van der Waals surface area contributed by atoms with Crippen molar-refractivity contribution in [1.29, 1.82) is 0 Å². The van der Waals surface area contributed by atoms with Gasteiger partial charge in [0.05, 0.1) is 0 Å². The summed E-state index contributed by atoms with van der Waals surface area (Å²) in [6.45, 7) is 7.76. The smallest absolute Gasteiger partial charge is 0.191 e. The molecule has 0 saturated carbocycles. The van der Waals surface area contributed by atoms with Crippen LogP contribution in [-0.2, 0) is 9.47 Å². The average Bonchev–Trinajstić information content (AvgIpc) is 2.70. The SMILES string of the molecule is CCNC(=NCCCOCC1CCOCC1)NCCSc1ccc(F)cc1. The molecule has 0 radical (unpaired) electrons. The molecule has 1 aromatic carbocycles. The van der Waals surface area contributed by atoms with Gasteiger partial charge in [-0.1, -0.05) is 0 Å². The van der Waals surface area contributed by atoms with Crippen LogP contribution in [0, 0.1) is 11.7 Å². The molecule has 0 spiro atoms. The third-order valence-corrected chi connectivity index (χ3v) is 5.25. The van der Waals surface area contributed by atoms with Gasteiger partial charge in [0.1, 0.15) is 5.82 Å². The summed E-state index contributed by atoms with van der Waals surface area (Å²) in [6, 6.07) is 6.59. The van der Waals surface area contributed by atoms with E-state index in [1.807, 2.05) is 0 Å². The van der Waals surface area contributed by atoms with Crippen LogP contribution in [-0.4, -0.2) is 57.8 Å². The van der Waals surface area contributed by atoms with E-state index in [0.29, 0.717) is 5.92 Å². The van der Waals surface area contributed by atoms with E-state index < -0.39 is 0 Å². The summed E-state index contributed by atoms with van der Waals surface area (Å²) >= 11 is 1.70. The lowest BCUT2D eigenvalue weighted by Crippen LogP contribution is -2.38. The third kappa shape index (κ3) is 9.98. The van der Waals surface area contributed by atoms with E-state index >= 15 is 0 Å². The number of halogens is 1. The van der Waals surface area contributed by atoms with Crippen molar-refractivity contribution in [3.63, 3.8) is 0 Å². The number of benzene rings is 1. The zero-order chi connectivity index (χ0) is 19.2. The molecule has 2 N–H and O–H groups in total. The normalized spacial score (nSPS) is 15.7. The van der Waals surface area contributed by atoms with Gasteiger partial charge >= 0.3 is 0 Å². The lowest BCUT2D eigenvalue weighted by molar-refractivity contribution is 0.0205. The maximum atomic E-state index is 12.9. The molecule has 27 heavy (non-hydrogen) atoms. The lowest BCUT2D eigenvalue weighted by atomic mass is 10.0. The molecule has 0 aromatic heterocycles. The van der Waals surface area contributed by atoms with Crippen molar-refractivity contribution in [3.8, 4) is 0 Å². The van der Waals surface area contributed by atoms with Crippen LogP contribution in [0.2, 0.25) is 0 Å². The number of ether oxygens (including phenoxy) is 2. The first-order valence-corrected chi connectivity index (χ1v) is 10.8. The van der Waals surface area contributed by atoms with E-state index in [0.717, 1.165) is 81.9 Å². The molecule has 0 amide bonds. The molecule has 5 nitrogen and oxygen atoms in total. The van der Waals surface area contributed by atoms with Gasteiger partial charge in [-0.15, -0.1) is 11.8 Å². The first-order valence-electron chi connectivity index (χ1n) is 9.84. The number of rotatable bonds is 11. The monoisotopic (exact) mass is 397 g/mol. The van der Waals surface area contributed by atoms with Crippen LogP contribution < -0.4 is 10.6 Å². The van der Waals surface area contributed by atoms with E-state index in [1.54, 1.807) is 23.9 Å². The van der Waals surface area contributed by atoms with Crippen LogP contribution in [0.3, 0.4) is 0 Å². The summed E-state index contributed by atoms with van der Waals surface area (Å²) < 4.78 is 24.0. The highest BCUT2D eigenvalue weighted by Gasteiger charge is 2.13. The summed E-state index contributed by atoms with van der Waals surface area (Å²) in [7, 11) is 0. The molecule has 0 atom stereocenters. The van der Waals surface area contributed by atoms with Gasteiger partial charge < -0.3 is 20.1 Å². The minimum absolute atomic E-state index is 0.198. The highest BCUT2D eigenvalue weighted by Crippen LogP contribution is 2.17. The van der Waals surface area contributed by atoms with Crippen molar-refractivity contribution < 1.29 is 13.9 Å². The summed E-state index contributed by atoms with van der Waals surface area (Å²) in [6.07, 6.45) is 3.15. The summed E-state index contributed by atoms with van der Waals surface area (Å²) in [5.74, 6) is 2.18. The largest absolute Gasteiger partial charge is 0.381 e. The Balaban J connectivity index is 1.55. The van der Waals surface area contributed by atoms with Gasteiger partial charge in [0, 0.05) is 56.7 Å². The number of hydrogen-bond donors (Lipinski definition) is 2. The maximum absolute atomic E-state index is 12.9. The number of nitrogens with one attached hydrogen (secondary N) is 2. The minimum Gasteiger partial charge on any atom is -0.381 e. The predicted octanol–water partition coefficient (Wildman–Crippen LogP) is 3.31. The standard InChI is InChI=1S/C20H32FN3O2S/c1-2-22-20(24-11-15-27-19-6-4-18(21)5-7-19)23-10-3-12-26-16-17-8-13-25-14-9-17/h4-7,17H,2-3,8-16H2,1H3,(H2,22,23,24). The van der Waals surface area contributed by atoms with E-state index in [1.165, 1.54) is 12.1 Å². The Hall–Kier alpha value is -1.31. The van der Waals surface area contributed by atoms with Gasteiger partial charge in [-0.2, -0.15) is 0 Å². The highest BCUT2D eigenvalue weighted by molar-refractivity contribution is 7.99. The topological polar surface area (TPSA) is 54.9 Å². The second kappa shape index (κ2) is 13.8. The molecule has 2 rings (SSSR count). The van der Waals surface area contributed by atoms with Crippen molar-refractivity contribution in [2.75, 3.05) is 51.8 Å². The molecule has 1 saturated heterocycles. The Kier molecular flexibility index (Phi) is 11.2. The molecule has 1 aromatic rings. The first kappa shape index (κ1) is 22.0. The van der Waals surface area contributed by atoms with Gasteiger partial charge in [0.2, 0.25) is 0 Å². The van der Waals surface area contributed by atoms with Gasteiger partial charge in [-0.25, -0.2) is 4.39 Å². The van der Waals surface area contributed by atoms with Crippen LogP contribution in [0.4, 0.5) is 4.39 Å². The number of thioether (sulfide) groups is 1. The van der Waals surface area contributed by atoms with Crippen molar-refractivity contribution in [3.05, 3.63) is 30.1 Å². The quantitative estimate of drug-likeness (QED) is 0.260. The molecule has 0 aliphatic carbocycles. The maximum Gasteiger partial charge on any atom is 0.191 e. The van der Waals surface area contributed by atoms with Crippen LogP contribution in [0.15, 0.2) is 34.2 Å². The van der Waals surface area contributed by atoms with Gasteiger partial charge in [0.25, 0.3) is 0 Å². The van der Waals surface area contributed by atoms with Crippen molar-refractivity contribution in [2.45, 2.75) is 31.1 Å². The zero-order valence-electron chi connectivity index (χ0n) is 16.2. The Morgan fingerprint density at radius 2 is 2.04 bits per heavy atom. The van der Waals surface area contributed by atoms with Crippen LogP contribution in [0.1, 0.15) is 26.2 Å². The molecular formula is C20H32FN3O2S. The summed E-state index contributed by atoms with van der Waals surface area (Å²) in [4.78, 5) is 5.66. The second-order valence-electron chi connectivity index (χ2n) is 6.47. The van der Waals surface area contributed by atoms with Gasteiger partial charge in [0.15, 0.2) is 5.96 Å². The zero-order valence-corrected chi connectivity index (χ0v) is 17.0. The lowest BCUT2D eigenvalue weighted by Gasteiger charge is -2.21. The minimum atomic E-state index is -0.198. The van der Waals surface area contributed by atoms with E-state index in [9.17, 15) is 4.39 Å². The molecule has 1 fully saturated rings. The number of guanidine groups is 1. The molecule has 0 unspecified atom stereocenters. The number of nitrogens with zero attached hydrogens (tertiary/aromatic N) is 1. The van der Waals surface area contributed by atoms with Crippen LogP contribution >= 0.6 is 11.8 Å². The summed E-state index contributed by atoms with van der Waals surface area (Å²) in [5, 5.41) is 6.59. The van der Waals surface area contributed by atoms with E-state index in [-0.39, 0.29) is 5.82 Å². The molecule has 0 bridgehead atoms. The molecule has 1 heterocycles. The molecule has 1 aliphatic rings. The fraction of sp³-hybridized carbons (Fsp3) is 0.650. The predicted molar refractivity (Wildman–Crippen MR) is 110 cm³/mol. The molecule has 152 valence electrons. The number of hydrogen-bond acceptors (Lipinski definition) is 4. The summed E-state index contributed by atoms with van der Waals surface area (Å²) in [5.41, 5.74) is 0. The third-order valence-electron chi connectivity index (χ3n) is 4.23. The first-order chi connectivity index (χ1) is 13.3. The average molecular weight is 398 g/mol. The van der Waals surface area contributed by atoms with E-state index in [4.69, 9.17) is 9.47 Å². The van der Waals surface area contributed by atoms with Crippen molar-refractivity contribution in [2.24, 2.45) is 10.9 Å². The Morgan fingerprint density at radius 1 is 1.26 bits per heavy atom. The Labute approximate surface area is 166 Å². The molecule has 1 aliphatic heterocycles. The van der Waals surface area contributed by atoms with Crippen molar-refractivity contribution >= 4 is 17.7 Å². The van der Waals surface area contributed by atoms with Crippen LogP contribution in [0.25, 0.3) is 0 Å². The van der Waals surface area contributed by atoms with Gasteiger partial charge in [-0.05, 0) is 56.4 Å². The second-order valence-corrected chi connectivity index (χ2v) is 7.64.